The molecule has 0 aliphatic carbocycles. The number of para-hydroxylation sites is 2. The molecule has 2 aromatic rings. The van der Waals surface area contributed by atoms with Crippen molar-refractivity contribution in [1.29, 1.82) is 0 Å². The number of likely N-dealkylation sites (N-methyl/N-ethyl adjacent to an activating group) is 1. The van der Waals surface area contributed by atoms with E-state index in [1.807, 2.05) is 48.5 Å². The molecule has 2 aromatic carbocycles. The molecule has 5 nitrogen and oxygen atoms in total. The van der Waals surface area contributed by atoms with E-state index in [4.69, 9.17) is 14.2 Å². The van der Waals surface area contributed by atoms with Gasteiger partial charge in [0.15, 0.2) is 24.2 Å². The zero-order valence-corrected chi connectivity index (χ0v) is 14.6. The summed E-state index contributed by atoms with van der Waals surface area (Å²) in [6.07, 6.45) is 0.793. The molecule has 0 N–H and O–H groups in total. The van der Waals surface area contributed by atoms with Gasteiger partial charge in [-0.3, -0.25) is 4.79 Å². The lowest BCUT2D eigenvalue weighted by atomic mass is 10.2. The van der Waals surface area contributed by atoms with Crippen molar-refractivity contribution in [2.24, 2.45) is 0 Å². The maximum absolute atomic E-state index is 12.3. The van der Waals surface area contributed by atoms with Crippen molar-refractivity contribution >= 4 is 5.91 Å². The van der Waals surface area contributed by atoms with Gasteiger partial charge >= 0.3 is 0 Å². The van der Waals surface area contributed by atoms with E-state index in [1.54, 1.807) is 11.9 Å². The minimum Gasteiger partial charge on any atom is -0.486 e. The number of carbonyl (C=O) groups excluding carboxylic acids is 1. The van der Waals surface area contributed by atoms with Gasteiger partial charge in [0.1, 0.15) is 12.4 Å². The van der Waals surface area contributed by atoms with Crippen LogP contribution in [0.2, 0.25) is 0 Å². The van der Waals surface area contributed by atoms with Gasteiger partial charge in [0, 0.05) is 7.05 Å². The third kappa shape index (κ3) is 4.44. The van der Waals surface area contributed by atoms with Crippen molar-refractivity contribution in [2.45, 2.75) is 19.4 Å². The molecular weight excluding hydrogens is 318 g/mol. The van der Waals surface area contributed by atoms with Gasteiger partial charge in [-0.2, -0.15) is 0 Å². The quantitative estimate of drug-likeness (QED) is 0.811. The minimum atomic E-state index is -0.187. The van der Waals surface area contributed by atoms with Gasteiger partial charge in [-0.25, -0.2) is 0 Å². The molecule has 0 fully saturated rings. The molecule has 132 valence electrons. The van der Waals surface area contributed by atoms with Crippen LogP contribution in [0.15, 0.2) is 48.5 Å². The van der Waals surface area contributed by atoms with E-state index in [0.717, 1.165) is 12.2 Å². The fourth-order valence-electron chi connectivity index (χ4n) is 2.64. The molecule has 0 radical (unpaired) electrons. The summed E-state index contributed by atoms with van der Waals surface area (Å²) >= 11 is 0. The molecule has 1 heterocycles. The Kier molecular flexibility index (Phi) is 5.43. The summed E-state index contributed by atoms with van der Waals surface area (Å²) in [6, 6.07) is 15.3. The Balaban J connectivity index is 1.47. The lowest BCUT2D eigenvalue weighted by Gasteiger charge is -2.29. The van der Waals surface area contributed by atoms with E-state index in [9.17, 15) is 4.79 Å². The van der Waals surface area contributed by atoms with Crippen LogP contribution in [0.1, 0.15) is 12.5 Å². The summed E-state index contributed by atoms with van der Waals surface area (Å²) in [5, 5.41) is 0. The molecule has 1 unspecified atom stereocenters. The van der Waals surface area contributed by atoms with Gasteiger partial charge in [-0.1, -0.05) is 31.2 Å². The smallest absolute Gasteiger partial charge is 0.260 e. The Morgan fingerprint density at radius 3 is 2.60 bits per heavy atom. The third-order valence-corrected chi connectivity index (χ3v) is 4.16. The number of amides is 1. The first-order valence-corrected chi connectivity index (χ1v) is 8.50. The number of hydrogen-bond acceptors (Lipinski definition) is 4. The normalized spacial score (nSPS) is 15.5. The number of rotatable bonds is 6. The fraction of sp³-hybridized carbons (Fsp3) is 0.350. The van der Waals surface area contributed by atoms with E-state index in [-0.39, 0.29) is 18.6 Å². The largest absolute Gasteiger partial charge is 0.486 e. The molecule has 3 rings (SSSR count). The Bertz CT molecular complexity index is 714. The standard InChI is InChI=1S/C20H23NO4/c1-3-15-8-10-16(11-9-15)23-14-20(22)21(2)12-17-13-24-18-6-4-5-7-19(18)25-17/h4-11,17H,3,12-14H2,1-2H3. The van der Waals surface area contributed by atoms with Crippen molar-refractivity contribution in [1.82, 2.24) is 4.90 Å². The fourth-order valence-corrected chi connectivity index (χ4v) is 2.64. The second kappa shape index (κ2) is 7.92. The molecular formula is C20H23NO4. The maximum atomic E-state index is 12.3. The SMILES string of the molecule is CCc1ccc(OCC(=O)N(C)CC2COc3ccccc3O2)cc1. The number of hydrogen-bond donors (Lipinski definition) is 0. The van der Waals surface area contributed by atoms with Crippen molar-refractivity contribution in [3.63, 3.8) is 0 Å². The van der Waals surface area contributed by atoms with Gasteiger partial charge in [0.2, 0.25) is 0 Å². The molecule has 0 bridgehead atoms. The summed E-state index contributed by atoms with van der Waals surface area (Å²) in [7, 11) is 1.75. The van der Waals surface area contributed by atoms with E-state index in [0.29, 0.717) is 24.7 Å². The predicted molar refractivity (Wildman–Crippen MR) is 95.3 cm³/mol. The Morgan fingerprint density at radius 1 is 1.16 bits per heavy atom. The van der Waals surface area contributed by atoms with Crippen LogP contribution in [0, 0.1) is 0 Å². The monoisotopic (exact) mass is 341 g/mol. The molecule has 0 spiro atoms. The lowest BCUT2D eigenvalue weighted by molar-refractivity contribution is -0.133. The molecule has 0 saturated heterocycles. The zero-order valence-electron chi connectivity index (χ0n) is 14.6. The minimum absolute atomic E-state index is 0.00609. The number of benzene rings is 2. The predicted octanol–water partition coefficient (Wildman–Crippen LogP) is 2.93. The summed E-state index contributed by atoms with van der Waals surface area (Å²) in [5.74, 6) is 2.06. The number of carbonyl (C=O) groups is 1. The van der Waals surface area contributed by atoms with Crippen LogP contribution >= 0.6 is 0 Å². The van der Waals surface area contributed by atoms with Gasteiger partial charge < -0.3 is 19.1 Å². The molecule has 5 heteroatoms. The summed E-state index contributed by atoms with van der Waals surface area (Å²) in [5.41, 5.74) is 1.24. The van der Waals surface area contributed by atoms with Gasteiger partial charge in [-0.15, -0.1) is 0 Å². The average Bonchev–Trinajstić information content (AvgIpc) is 2.66. The van der Waals surface area contributed by atoms with Crippen molar-refractivity contribution in [3.05, 3.63) is 54.1 Å². The van der Waals surface area contributed by atoms with Crippen molar-refractivity contribution in [2.75, 3.05) is 26.8 Å². The van der Waals surface area contributed by atoms with Gasteiger partial charge in [0.05, 0.1) is 6.54 Å². The highest BCUT2D eigenvalue weighted by atomic mass is 16.6. The van der Waals surface area contributed by atoms with Crippen LogP contribution in [0.4, 0.5) is 0 Å². The topological polar surface area (TPSA) is 48.0 Å². The molecule has 0 saturated carbocycles. The van der Waals surface area contributed by atoms with E-state index < -0.39 is 0 Å². The molecule has 1 aliphatic heterocycles. The van der Waals surface area contributed by atoms with Crippen molar-refractivity contribution in [3.8, 4) is 17.2 Å². The number of nitrogens with zero attached hydrogens (tertiary/aromatic N) is 1. The van der Waals surface area contributed by atoms with E-state index >= 15 is 0 Å². The molecule has 0 aromatic heterocycles. The number of aryl methyl sites for hydroxylation is 1. The lowest BCUT2D eigenvalue weighted by Crippen LogP contribution is -2.43. The Labute approximate surface area is 148 Å². The van der Waals surface area contributed by atoms with Crippen LogP contribution < -0.4 is 14.2 Å². The molecule has 1 amide bonds. The maximum Gasteiger partial charge on any atom is 0.260 e. The van der Waals surface area contributed by atoms with E-state index in [2.05, 4.69) is 6.92 Å². The van der Waals surface area contributed by atoms with Crippen LogP contribution in [0.25, 0.3) is 0 Å². The van der Waals surface area contributed by atoms with Crippen LogP contribution in [-0.2, 0) is 11.2 Å². The first-order chi connectivity index (χ1) is 12.2. The summed E-state index contributed by atoms with van der Waals surface area (Å²) in [4.78, 5) is 13.9. The second-order valence-corrected chi connectivity index (χ2v) is 6.06. The summed E-state index contributed by atoms with van der Waals surface area (Å²) in [6.45, 7) is 2.98. The Hall–Kier alpha value is -2.69. The number of fused-ring (bicyclic) bond motifs is 1. The molecule has 1 atom stereocenters. The highest BCUT2D eigenvalue weighted by Gasteiger charge is 2.23. The third-order valence-electron chi connectivity index (χ3n) is 4.16. The van der Waals surface area contributed by atoms with Gasteiger partial charge in [-0.05, 0) is 36.2 Å². The zero-order chi connectivity index (χ0) is 17.6. The first kappa shape index (κ1) is 17.1. The average molecular weight is 341 g/mol. The second-order valence-electron chi connectivity index (χ2n) is 6.06. The number of ether oxygens (including phenoxy) is 3. The first-order valence-electron chi connectivity index (χ1n) is 8.50. The summed E-state index contributed by atoms with van der Waals surface area (Å²) < 4.78 is 17.1. The van der Waals surface area contributed by atoms with Crippen molar-refractivity contribution < 1.29 is 19.0 Å². The van der Waals surface area contributed by atoms with Crippen LogP contribution in [0.3, 0.4) is 0 Å². The van der Waals surface area contributed by atoms with Gasteiger partial charge in [0.25, 0.3) is 5.91 Å². The Morgan fingerprint density at radius 2 is 1.88 bits per heavy atom. The molecule has 25 heavy (non-hydrogen) atoms. The highest BCUT2D eigenvalue weighted by Crippen LogP contribution is 2.30. The highest BCUT2D eigenvalue weighted by molar-refractivity contribution is 5.77. The van der Waals surface area contributed by atoms with Crippen LogP contribution in [-0.4, -0.2) is 43.7 Å². The van der Waals surface area contributed by atoms with Crippen LogP contribution in [0.5, 0.6) is 17.2 Å². The molecule has 1 aliphatic rings. The van der Waals surface area contributed by atoms with E-state index in [1.165, 1.54) is 5.56 Å².